The summed E-state index contributed by atoms with van der Waals surface area (Å²) in [5.74, 6) is -0.0525. The highest BCUT2D eigenvalue weighted by atomic mass is 32.2. The van der Waals surface area contributed by atoms with E-state index in [0.29, 0.717) is 22.1 Å². The summed E-state index contributed by atoms with van der Waals surface area (Å²) in [5, 5.41) is 8.83. The molecule has 2 aromatic rings. The number of nitriles is 1. The van der Waals surface area contributed by atoms with Gasteiger partial charge >= 0.3 is 0 Å². The van der Waals surface area contributed by atoms with Crippen molar-refractivity contribution in [2.75, 3.05) is 0 Å². The summed E-state index contributed by atoms with van der Waals surface area (Å²) in [7, 11) is 0. The molecular formula is C17H15N3O2S. The lowest BCUT2D eigenvalue weighted by molar-refractivity contribution is -0.123. The normalized spacial score (nSPS) is 10.4. The van der Waals surface area contributed by atoms with E-state index in [0.717, 1.165) is 17.3 Å². The minimum Gasteiger partial charge on any atom is -0.298 e. The van der Waals surface area contributed by atoms with Crippen LogP contribution in [-0.2, 0) is 9.59 Å². The molecule has 0 amide bonds. The summed E-state index contributed by atoms with van der Waals surface area (Å²) >= 11 is 1.01. The molecule has 116 valence electrons. The SMILES string of the molecule is CC(=O)C(Sc1nc(-c2ccccc2)nc(C)c1C#N)C(C)=O. The van der Waals surface area contributed by atoms with Gasteiger partial charge in [-0.3, -0.25) is 9.59 Å². The lowest BCUT2D eigenvalue weighted by atomic mass is 10.2. The van der Waals surface area contributed by atoms with E-state index in [-0.39, 0.29) is 11.6 Å². The van der Waals surface area contributed by atoms with Crippen molar-refractivity contribution in [3.8, 4) is 17.5 Å². The molecule has 23 heavy (non-hydrogen) atoms. The third-order valence-corrected chi connectivity index (χ3v) is 4.59. The summed E-state index contributed by atoms with van der Waals surface area (Å²) in [6.45, 7) is 4.43. The molecule has 0 aliphatic heterocycles. The monoisotopic (exact) mass is 325 g/mol. The van der Waals surface area contributed by atoms with Gasteiger partial charge in [0.25, 0.3) is 0 Å². The van der Waals surface area contributed by atoms with Gasteiger partial charge in [0.2, 0.25) is 0 Å². The zero-order chi connectivity index (χ0) is 17.0. The van der Waals surface area contributed by atoms with E-state index in [2.05, 4.69) is 16.0 Å². The number of Topliss-reactive ketones (excluding diaryl/α,β-unsaturated/α-hetero) is 2. The maximum absolute atomic E-state index is 11.7. The summed E-state index contributed by atoms with van der Waals surface area (Å²) in [5.41, 5.74) is 1.63. The fourth-order valence-electron chi connectivity index (χ4n) is 2.04. The summed E-state index contributed by atoms with van der Waals surface area (Å²) in [6, 6.07) is 11.4. The van der Waals surface area contributed by atoms with Gasteiger partial charge in [0, 0.05) is 5.56 Å². The average molecular weight is 325 g/mol. The van der Waals surface area contributed by atoms with Gasteiger partial charge in [-0.2, -0.15) is 5.26 Å². The van der Waals surface area contributed by atoms with Crippen LogP contribution in [0.25, 0.3) is 11.4 Å². The molecule has 0 radical (unpaired) electrons. The molecule has 0 aliphatic rings. The van der Waals surface area contributed by atoms with E-state index < -0.39 is 5.25 Å². The molecule has 0 aliphatic carbocycles. The van der Waals surface area contributed by atoms with Gasteiger partial charge in [-0.1, -0.05) is 42.1 Å². The lowest BCUT2D eigenvalue weighted by Crippen LogP contribution is -2.22. The van der Waals surface area contributed by atoms with Gasteiger partial charge in [-0.15, -0.1) is 0 Å². The van der Waals surface area contributed by atoms with Crippen LogP contribution in [0.2, 0.25) is 0 Å². The van der Waals surface area contributed by atoms with Crippen molar-refractivity contribution in [1.29, 1.82) is 5.26 Å². The molecule has 1 aromatic heterocycles. The fraction of sp³-hybridized carbons (Fsp3) is 0.235. The van der Waals surface area contributed by atoms with E-state index >= 15 is 0 Å². The molecule has 0 saturated carbocycles. The van der Waals surface area contributed by atoms with Crippen molar-refractivity contribution >= 4 is 23.3 Å². The zero-order valence-electron chi connectivity index (χ0n) is 13.0. The Hall–Kier alpha value is -2.52. The number of ketones is 2. The summed E-state index contributed by atoms with van der Waals surface area (Å²) in [6.07, 6.45) is 0. The Balaban J connectivity index is 2.53. The first kappa shape index (κ1) is 16.8. The number of hydrogen-bond donors (Lipinski definition) is 0. The van der Waals surface area contributed by atoms with E-state index in [4.69, 9.17) is 0 Å². The Labute approximate surface area is 138 Å². The zero-order valence-corrected chi connectivity index (χ0v) is 13.8. The van der Waals surface area contributed by atoms with Crippen LogP contribution < -0.4 is 0 Å². The number of hydrogen-bond acceptors (Lipinski definition) is 6. The Morgan fingerprint density at radius 2 is 1.74 bits per heavy atom. The number of carbonyl (C=O) groups excluding carboxylic acids is 2. The van der Waals surface area contributed by atoms with E-state index in [1.54, 1.807) is 6.92 Å². The van der Waals surface area contributed by atoms with Crippen LogP contribution in [0.4, 0.5) is 0 Å². The molecule has 0 saturated heterocycles. The first-order chi connectivity index (χ1) is 10.9. The summed E-state index contributed by atoms with van der Waals surface area (Å²) in [4.78, 5) is 32.1. The van der Waals surface area contributed by atoms with Gasteiger partial charge in [0.05, 0.1) is 5.69 Å². The fourth-order valence-corrected chi connectivity index (χ4v) is 3.05. The Bertz CT molecular complexity index is 783. The van der Waals surface area contributed by atoms with Crippen molar-refractivity contribution in [1.82, 2.24) is 9.97 Å². The quantitative estimate of drug-likeness (QED) is 0.477. The highest BCUT2D eigenvalue weighted by Crippen LogP contribution is 2.29. The third kappa shape index (κ3) is 3.82. The predicted molar refractivity (Wildman–Crippen MR) is 87.9 cm³/mol. The van der Waals surface area contributed by atoms with Crippen LogP contribution in [0, 0.1) is 18.3 Å². The van der Waals surface area contributed by atoms with Gasteiger partial charge in [-0.05, 0) is 20.8 Å². The molecule has 0 spiro atoms. The molecule has 0 bridgehead atoms. The van der Waals surface area contributed by atoms with Crippen LogP contribution in [0.3, 0.4) is 0 Å². The number of thioether (sulfide) groups is 1. The Morgan fingerprint density at radius 1 is 1.13 bits per heavy atom. The van der Waals surface area contributed by atoms with Crippen LogP contribution in [0.15, 0.2) is 35.4 Å². The minimum absolute atomic E-state index is 0.260. The minimum atomic E-state index is -0.861. The van der Waals surface area contributed by atoms with E-state index in [1.165, 1.54) is 13.8 Å². The average Bonchev–Trinajstić information content (AvgIpc) is 2.52. The highest BCUT2D eigenvalue weighted by molar-refractivity contribution is 8.01. The molecule has 0 fully saturated rings. The van der Waals surface area contributed by atoms with Crippen LogP contribution in [0.5, 0.6) is 0 Å². The van der Waals surface area contributed by atoms with Crippen molar-refractivity contribution in [2.24, 2.45) is 0 Å². The van der Waals surface area contributed by atoms with Gasteiger partial charge in [0.15, 0.2) is 17.4 Å². The highest BCUT2D eigenvalue weighted by Gasteiger charge is 2.24. The topological polar surface area (TPSA) is 83.7 Å². The van der Waals surface area contributed by atoms with Gasteiger partial charge in [0.1, 0.15) is 21.9 Å². The predicted octanol–water partition coefficient (Wildman–Crippen LogP) is 2.96. The Kier molecular flexibility index (Phi) is 5.24. The molecule has 0 atom stereocenters. The first-order valence-corrected chi connectivity index (χ1v) is 7.83. The number of benzene rings is 1. The van der Waals surface area contributed by atoms with Crippen molar-refractivity contribution < 1.29 is 9.59 Å². The molecule has 5 nitrogen and oxygen atoms in total. The number of aryl methyl sites for hydroxylation is 1. The van der Waals surface area contributed by atoms with Crippen LogP contribution in [-0.4, -0.2) is 26.8 Å². The van der Waals surface area contributed by atoms with Gasteiger partial charge in [-0.25, -0.2) is 9.97 Å². The van der Waals surface area contributed by atoms with Gasteiger partial charge < -0.3 is 0 Å². The second-order valence-corrected chi connectivity index (χ2v) is 6.10. The van der Waals surface area contributed by atoms with Crippen LogP contribution >= 0.6 is 11.8 Å². The molecule has 0 unspecified atom stereocenters. The van der Waals surface area contributed by atoms with Crippen molar-refractivity contribution in [3.05, 3.63) is 41.6 Å². The van der Waals surface area contributed by atoms with Crippen molar-refractivity contribution in [2.45, 2.75) is 31.0 Å². The second-order valence-electron chi connectivity index (χ2n) is 5.01. The number of carbonyl (C=O) groups is 2. The number of rotatable bonds is 5. The largest absolute Gasteiger partial charge is 0.298 e. The second kappa shape index (κ2) is 7.16. The third-order valence-electron chi connectivity index (χ3n) is 3.17. The molecule has 6 heteroatoms. The molecule has 1 heterocycles. The molecule has 1 aromatic carbocycles. The summed E-state index contributed by atoms with van der Waals surface area (Å²) < 4.78 is 0. The first-order valence-electron chi connectivity index (χ1n) is 6.95. The van der Waals surface area contributed by atoms with E-state index in [1.807, 2.05) is 30.3 Å². The maximum atomic E-state index is 11.7. The molecule has 0 N–H and O–H groups in total. The lowest BCUT2D eigenvalue weighted by Gasteiger charge is -2.12. The van der Waals surface area contributed by atoms with Crippen molar-refractivity contribution in [3.63, 3.8) is 0 Å². The Morgan fingerprint density at radius 3 is 2.26 bits per heavy atom. The van der Waals surface area contributed by atoms with E-state index in [9.17, 15) is 14.9 Å². The van der Waals surface area contributed by atoms with Crippen LogP contribution in [0.1, 0.15) is 25.1 Å². The number of aromatic nitrogens is 2. The smallest absolute Gasteiger partial charge is 0.160 e. The number of nitrogens with zero attached hydrogens (tertiary/aromatic N) is 3. The maximum Gasteiger partial charge on any atom is 0.160 e. The molecule has 2 rings (SSSR count). The molecular weight excluding hydrogens is 310 g/mol. The standard InChI is InChI=1S/C17H15N3O2S/c1-10-14(9-18)17(23-15(11(2)21)12(3)22)20-16(19-10)13-7-5-4-6-8-13/h4-8,15H,1-3H3.